The minimum absolute atomic E-state index is 0.0393. The number of hydrogen-bond donors (Lipinski definition) is 1. The van der Waals surface area contributed by atoms with Crippen LogP contribution in [0.1, 0.15) is 32.5 Å². The largest absolute Gasteiger partial charge is 0.484 e. The molecule has 26 heavy (non-hydrogen) atoms. The van der Waals surface area contributed by atoms with E-state index in [0.717, 1.165) is 25.1 Å². The van der Waals surface area contributed by atoms with Crippen molar-refractivity contribution in [3.05, 3.63) is 34.4 Å². The zero-order valence-electron chi connectivity index (χ0n) is 15.3. The summed E-state index contributed by atoms with van der Waals surface area (Å²) in [5, 5.41) is 3.31. The molecule has 0 bridgehead atoms. The molecule has 3 rings (SSSR count). The van der Waals surface area contributed by atoms with Crippen LogP contribution in [-0.2, 0) is 22.5 Å². The van der Waals surface area contributed by atoms with Gasteiger partial charge < -0.3 is 14.8 Å². The molecule has 1 aromatic heterocycles. The zero-order valence-corrected chi connectivity index (χ0v) is 15.3. The van der Waals surface area contributed by atoms with Gasteiger partial charge in [-0.05, 0) is 44.9 Å². The van der Waals surface area contributed by atoms with Crippen LogP contribution >= 0.6 is 0 Å². The van der Waals surface area contributed by atoms with Crippen molar-refractivity contribution in [2.24, 2.45) is 0 Å². The summed E-state index contributed by atoms with van der Waals surface area (Å²) in [5.41, 5.74) is 0.632. The number of nitrogens with one attached hydrogen (secondary N) is 1. The molecule has 1 aromatic carbocycles. The van der Waals surface area contributed by atoms with Crippen molar-refractivity contribution in [2.75, 3.05) is 19.8 Å². The third-order valence-electron chi connectivity index (χ3n) is 4.25. The summed E-state index contributed by atoms with van der Waals surface area (Å²) in [4.78, 5) is 28.9. The van der Waals surface area contributed by atoms with E-state index in [9.17, 15) is 9.59 Å². The van der Waals surface area contributed by atoms with Crippen molar-refractivity contribution in [1.82, 2.24) is 14.9 Å². The van der Waals surface area contributed by atoms with Crippen molar-refractivity contribution in [1.29, 1.82) is 0 Å². The summed E-state index contributed by atoms with van der Waals surface area (Å²) >= 11 is 0. The SMILES string of the molecule is CC(C)OCCCNC(=O)COc1ccc2nc3n(c(=O)c2c1)CCC3. The number of amides is 1. The highest BCUT2D eigenvalue weighted by Gasteiger charge is 2.16. The lowest BCUT2D eigenvalue weighted by molar-refractivity contribution is -0.123. The Morgan fingerprint density at radius 1 is 1.38 bits per heavy atom. The molecule has 7 nitrogen and oxygen atoms in total. The lowest BCUT2D eigenvalue weighted by Crippen LogP contribution is -2.30. The van der Waals surface area contributed by atoms with Crippen LogP contribution in [0.25, 0.3) is 10.9 Å². The van der Waals surface area contributed by atoms with Crippen LogP contribution in [-0.4, -0.2) is 41.3 Å². The summed E-state index contributed by atoms with van der Waals surface area (Å²) in [6, 6.07) is 5.18. The van der Waals surface area contributed by atoms with Crippen molar-refractivity contribution >= 4 is 16.8 Å². The van der Waals surface area contributed by atoms with E-state index in [4.69, 9.17) is 9.47 Å². The molecular weight excluding hydrogens is 334 g/mol. The highest BCUT2D eigenvalue weighted by atomic mass is 16.5. The van der Waals surface area contributed by atoms with Crippen LogP contribution in [0.4, 0.5) is 0 Å². The standard InChI is InChI=1S/C19H25N3O4/c1-13(2)25-10-4-8-20-18(23)12-26-14-6-7-16-15(11-14)19(24)22-9-3-5-17(22)21-16/h6-7,11,13H,3-5,8-10,12H2,1-2H3,(H,20,23). The van der Waals surface area contributed by atoms with E-state index in [1.165, 1.54) is 0 Å². The molecule has 0 aliphatic carbocycles. The van der Waals surface area contributed by atoms with E-state index >= 15 is 0 Å². The summed E-state index contributed by atoms with van der Waals surface area (Å²) < 4.78 is 12.7. The van der Waals surface area contributed by atoms with E-state index < -0.39 is 0 Å². The fraction of sp³-hybridized carbons (Fsp3) is 0.526. The molecule has 0 unspecified atom stereocenters. The van der Waals surface area contributed by atoms with Gasteiger partial charge in [-0.2, -0.15) is 0 Å². The topological polar surface area (TPSA) is 82.4 Å². The molecule has 2 aromatic rings. The second-order valence-electron chi connectivity index (χ2n) is 6.68. The Balaban J connectivity index is 1.54. The minimum Gasteiger partial charge on any atom is -0.484 e. The van der Waals surface area contributed by atoms with Crippen LogP contribution in [0.15, 0.2) is 23.0 Å². The number of rotatable bonds is 8. The molecule has 0 atom stereocenters. The molecule has 0 radical (unpaired) electrons. The first-order valence-corrected chi connectivity index (χ1v) is 9.09. The van der Waals surface area contributed by atoms with Gasteiger partial charge in [-0.25, -0.2) is 4.98 Å². The quantitative estimate of drug-likeness (QED) is 0.725. The van der Waals surface area contributed by atoms with Gasteiger partial charge in [-0.3, -0.25) is 14.2 Å². The lowest BCUT2D eigenvalue weighted by atomic mass is 10.2. The number of aryl methyl sites for hydroxylation is 1. The van der Waals surface area contributed by atoms with Crippen LogP contribution in [0.2, 0.25) is 0 Å². The van der Waals surface area contributed by atoms with Crippen molar-refractivity contribution in [2.45, 2.75) is 45.8 Å². The summed E-state index contributed by atoms with van der Waals surface area (Å²) in [5.74, 6) is 1.14. The molecule has 0 spiro atoms. The molecule has 1 aliphatic heterocycles. The number of benzene rings is 1. The summed E-state index contributed by atoms with van der Waals surface area (Å²) in [7, 11) is 0. The lowest BCUT2D eigenvalue weighted by Gasteiger charge is -2.10. The molecule has 1 N–H and O–H groups in total. The fourth-order valence-corrected chi connectivity index (χ4v) is 2.97. The van der Waals surface area contributed by atoms with Crippen LogP contribution in [0, 0.1) is 0 Å². The number of aromatic nitrogens is 2. The smallest absolute Gasteiger partial charge is 0.261 e. The van der Waals surface area contributed by atoms with E-state index in [1.54, 1.807) is 22.8 Å². The van der Waals surface area contributed by atoms with E-state index in [-0.39, 0.29) is 24.2 Å². The number of fused-ring (bicyclic) bond motifs is 2. The Morgan fingerprint density at radius 2 is 2.23 bits per heavy atom. The first kappa shape index (κ1) is 18.4. The minimum atomic E-state index is -0.196. The number of hydrogen-bond acceptors (Lipinski definition) is 5. The Labute approximate surface area is 152 Å². The van der Waals surface area contributed by atoms with Gasteiger partial charge in [0.1, 0.15) is 11.6 Å². The van der Waals surface area contributed by atoms with Crippen molar-refractivity contribution in [3.63, 3.8) is 0 Å². The first-order valence-electron chi connectivity index (χ1n) is 9.09. The predicted molar refractivity (Wildman–Crippen MR) is 98.5 cm³/mol. The summed E-state index contributed by atoms with van der Waals surface area (Å²) in [6.07, 6.45) is 2.74. The van der Waals surface area contributed by atoms with Crippen LogP contribution < -0.4 is 15.6 Å². The molecule has 1 aliphatic rings. The number of nitrogens with zero attached hydrogens (tertiary/aromatic N) is 2. The molecule has 0 fully saturated rings. The third-order valence-corrected chi connectivity index (χ3v) is 4.25. The highest BCUT2D eigenvalue weighted by molar-refractivity contribution is 5.80. The zero-order chi connectivity index (χ0) is 18.5. The average molecular weight is 359 g/mol. The summed E-state index contributed by atoms with van der Waals surface area (Å²) in [6.45, 7) is 5.74. The number of carbonyl (C=O) groups excluding carboxylic acids is 1. The molecule has 140 valence electrons. The Kier molecular flexibility index (Phi) is 5.88. The van der Waals surface area contributed by atoms with Gasteiger partial charge >= 0.3 is 0 Å². The maximum absolute atomic E-state index is 12.5. The monoisotopic (exact) mass is 359 g/mol. The predicted octanol–water partition coefficient (Wildman–Crippen LogP) is 1.65. The van der Waals surface area contributed by atoms with Crippen molar-refractivity contribution in [3.8, 4) is 5.75 Å². The Bertz CT molecular complexity index is 845. The molecule has 0 saturated heterocycles. The number of ether oxygens (including phenoxy) is 2. The second kappa shape index (κ2) is 8.31. The molecule has 7 heteroatoms. The van der Waals surface area contributed by atoms with Gasteiger partial charge in [0.15, 0.2) is 6.61 Å². The second-order valence-corrected chi connectivity index (χ2v) is 6.68. The average Bonchev–Trinajstić information content (AvgIpc) is 3.08. The Morgan fingerprint density at radius 3 is 3.04 bits per heavy atom. The first-order chi connectivity index (χ1) is 12.5. The maximum atomic E-state index is 12.5. The van der Waals surface area contributed by atoms with E-state index in [1.807, 2.05) is 13.8 Å². The molecule has 0 saturated carbocycles. The Hall–Kier alpha value is -2.41. The maximum Gasteiger partial charge on any atom is 0.261 e. The van der Waals surface area contributed by atoms with Crippen molar-refractivity contribution < 1.29 is 14.3 Å². The number of carbonyl (C=O) groups is 1. The van der Waals surface area contributed by atoms with Gasteiger partial charge in [0.05, 0.1) is 17.0 Å². The van der Waals surface area contributed by atoms with Gasteiger partial charge in [0.2, 0.25) is 0 Å². The molecular formula is C19H25N3O4. The van der Waals surface area contributed by atoms with Gasteiger partial charge in [-0.1, -0.05) is 0 Å². The molecule has 2 heterocycles. The van der Waals surface area contributed by atoms with Gasteiger partial charge in [0.25, 0.3) is 11.5 Å². The van der Waals surface area contributed by atoms with E-state index in [2.05, 4.69) is 10.3 Å². The van der Waals surface area contributed by atoms with Gasteiger partial charge in [0, 0.05) is 26.1 Å². The fourth-order valence-electron chi connectivity index (χ4n) is 2.97. The highest BCUT2D eigenvalue weighted by Crippen LogP contribution is 2.19. The normalized spacial score (nSPS) is 13.2. The van der Waals surface area contributed by atoms with E-state index in [0.29, 0.717) is 36.3 Å². The third kappa shape index (κ3) is 4.40. The van der Waals surface area contributed by atoms with Gasteiger partial charge in [-0.15, -0.1) is 0 Å². The molecule has 1 amide bonds. The van der Waals surface area contributed by atoms with Crippen LogP contribution in [0.5, 0.6) is 5.75 Å². The van der Waals surface area contributed by atoms with Crippen LogP contribution in [0.3, 0.4) is 0 Å².